The maximum Gasteiger partial charge on any atom is 0.289 e. The van der Waals surface area contributed by atoms with Crippen molar-refractivity contribution >= 4 is 11.6 Å². The van der Waals surface area contributed by atoms with Crippen molar-refractivity contribution in [3.63, 3.8) is 0 Å². The Morgan fingerprint density at radius 3 is 2.58 bits per heavy atom. The summed E-state index contributed by atoms with van der Waals surface area (Å²) < 4.78 is 13.1. The van der Waals surface area contributed by atoms with E-state index in [2.05, 4.69) is 31.0 Å². The lowest BCUT2D eigenvalue weighted by atomic mass is 9.92. The Kier molecular flexibility index (Phi) is 5.83. The molecule has 4 rings (SSSR count). The molecular formula is C23H31N5O3. The topological polar surface area (TPSA) is 85.8 Å². The molecule has 0 N–H and O–H groups in total. The molecule has 0 bridgehead atoms. The van der Waals surface area contributed by atoms with Crippen molar-refractivity contribution in [3.8, 4) is 0 Å². The highest BCUT2D eigenvalue weighted by Crippen LogP contribution is 2.29. The summed E-state index contributed by atoms with van der Waals surface area (Å²) in [5.41, 5.74) is 1.71. The SMILES string of the molecule is CC(C)OCc1ccc(C(=O)N2CCC(c3nnc4ccc(C(C)(C)C)nn34)CC2)o1. The van der Waals surface area contributed by atoms with Crippen LogP contribution in [-0.4, -0.2) is 49.8 Å². The van der Waals surface area contributed by atoms with Crippen molar-refractivity contribution in [2.24, 2.45) is 0 Å². The van der Waals surface area contributed by atoms with E-state index in [0.717, 1.165) is 30.0 Å². The van der Waals surface area contributed by atoms with E-state index in [-0.39, 0.29) is 23.3 Å². The summed E-state index contributed by atoms with van der Waals surface area (Å²) >= 11 is 0. The number of ether oxygens (including phenoxy) is 1. The molecule has 0 atom stereocenters. The van der Waals surface area contributed by atoms with Crippen molar-refractivity contribution in [1.29, 1.82) is 0 Å². The van der Waals surface area contributed by atoms with Crippen LogP contribution >= 0.6 is 0 Å². The van der Waals surface area contributed by atoms with Crippen molar-refractivity contribution in [3.05, 3.63) is 47.3 Å². The molecule has 4 heterocycles. The number of rotatable bonds is 5. The van der Waals surface area contributed by atoms with Gasteiger partial charge in [-0.15, -0.1) is 10.2 Å². The molecule has 0 unspecified atom stereocenters. The maximum absolute atomic E-state index is 12.9. The molecule has 166 valence electrons. The minimum atomic E-state index is -0.0755. The van der Waals surface area contributed by atoms with Gasteiger partial charge in [-0.2, -0.15) is 9.61 Å². The smallest absolute Gasteiger partial charge is 0.289 e. The van der Waals surface area contributed by atoms with Gasteiger partial charge in [-0.25, -0.2) is 0 Å². The lowest BCUT2D eigenvalue weighted by molar-refractivity contribution is 0.0517. The van der Waals surface area contributed by atoms with Crippen molar-refractivity contribution in [2.45, 2.75) is 71.5 Å². The lowest BCUT2D eigenvalue weighted by Crippen LogP contribution is -2.38. The molecule has 1 saturated heterocycles. The van der Waals surface area contributed by atoms with Crippen LogP contribution in [0.2, 0.25) is 0 Å². The average Bonchev–Trinajstić information content (AvgIpc) is 3.38. The van der Waals surface area contributed by atoms with Crippen LogP contribution in [0.5, 0.6) is 0 Å². The molecule has 1 fully saturated rings. The highest BCUT2D eigenvalue weighted by Gasteiger charge is 2.29. The number of hydrogen-bond donors (Lipinski definition) is 0. The zero-order valence-electron chi connectivity index (χ0n) is 19.0. The molecule has 1 amide bonds. The second-order valence-corrected chi connectivity index (χ2v) is 9.49. The van der Waals surface area contributed by atoms with E-state index >= 15 is 0 Å². The number of furan rings is 1. The van der Waals surface area contributed by atoms with E-state index < -0.39 is 0 Å². The van der Waals surface area contributed by atoms with Gasteiger partial charge in [-0.1, -0.05) is 20.8 Å². The molecule has 8 nitrogen and oxygen atoms in total. The highest BCUT2D eigenvalue weighted by molar-refractivity contribution is 5.91. The first-order chi connectivity index (χ1) is 14.7. The Balaban J connectivity index is 1.42. The summed E-state index contributed by atoms with van der Waals surface area (Å²) in [7, 11) is 0. The first-order valence-corrected chi connectivity index (χ1v) is 10.9. The van der Waals surface area contributed by atoms with Gasteiger partial charge in [-0.05, 0) is 51.0 Å². The number of aromatic nitrogens is 4. The molecule has 0 aliphatic carbocycles. The Bertz CT molecular complexity index is 1050. The van der Waals surface area contributed by atoms with Gasteiger partial charge in [0.05, 0.1) is 11.8 Å². The first-order valence-electron chi connectivity index (χ1n) is 10.9. The molecular weight excluding hydrogens is 394 g/mol. The van der Waals surface area contributed by atoms with E-state index in [1.54, 1.807) is 6.07 Å². The van der Waals surface area contributed by atoms with E-state index in [1.165, 1.54) is 0 Å². The number of fused-ring (bicyclic) bond motifs is 1. The Hall–Kier alpha value is -2.74. The van der Waals surface area contributed by atoms with Crippen LogP contribution in [0.1, 0.15) is 81.2 Å². The number of carbonyl (C=O) groups excluding carboxylic acids is 1. The molecule has 3 aromatic rings. The highest BCUT2D eigenvalue weighted by atomic mass is 16.5. The molecule has 31 heavy (non-hydrogen) atoms. The van der Waals surface area contributed by atoms with Crippen LogP contribution < -0.4 is 0 Å². The quantitative estimate of drug-likeness (QED) is 0.615. The monoisotopic (exact) mass is 425 g/mol. The second-order valence-electron chi connectivity index (χ2n) is 9.49. The van der Waals surface area contributed by atoms with Gasteiger partial charge in [0.1, 0.15) is 12.4 Å². The van der Waals surface area contributed by atoms with Crippen LogP contribution in [0, 0.1) is 0 Å². The van der Waals surface area contributed by atoms with Crippen LogP contribution in [0.4, 0.5) is 0 Å². The predicted octanol–water partition coefficient (Wildman–Crippen LogP) is 3.96. The van der Waals surface area contributed by atoms with Gasteiger partial charge in [0.15, 0.2) is 17.2 Å². The molecule has 0 aromatic carbocycles. The molecule has 0 radical (unpaired) electrons. The zero-order valence-corrected chi connectivity index (χ0v) is 19.0. The minimum absolute atomic E-state index is 0.0480. The number of piperidine rings is 1. The summed E-state index contributed by atoms with van der Waals surface area (Å²) in [4.78, 5) is 14.7. The van der Waals surface area contributed by atoms with Gasteiger partial charge < -0.3 is 14.1 Å². The van der Waals surface area contributed by atoms with Crippen LogP contribution in [0.25, 0.3) is 5.65 Å². The Morgan fingerprint density at radius 2 is 1.90 bits per heavy atom. The summed E-state index contributed by atoms with van der Waals surface area (Å²) in [5, 5.41) is 13.5. The fraction of sp³-hybridized carbons (Fsp3) is 0.565. The van der Waals surface area contributed by atoms with Gasteiger partial charge >= 0.3 is 0 Å². The van der Waals surface area contributed by atoms with Crippen LogP contribution in [0.3, 0.4) is 0 Å². The van der Waals surface area contributed by atoms with Gasteiger partial charge in [-0.3, -0.25) is 4.79 Å². The molecule has 1 aliphatic rings. The largest absolute Gasteiger partial charge is 0.453 e. The average molecular weight is 426 g/mol. The summed E-state index contributed by atoms with van der Waals surface area (Å²) in [6.45, 7) is 12.0. The van der Waals surface area contributed by atoms with Gasteiger partial charge in [0.2, 0.25) is 0 Å². The summed E-state index contributed by atoms with van der Waals surface area (Å²) in [5.74, 6) is 2.05. The third-order valence-electron chi connectivity index (χ3n) is 5.63. The fourth-order valence-corrected chi connectivity index (χ4v) is 3.78. The molecule has 3 aromatic heterocycles. The fourth-order valence-electron chi connectivity index (χ4n) is 3.78. The molecule has 8 heteroatoms. The Labute approximate surface area is 182 Å². The normalized spacial score (nSPS) is 15.9. The summed E-state index contributed by atoms with van der Waals surface area (Å²) in [6, 6.07) is 7.53. The van der Waals surface area contributed by atoms with Gasteiger partial charge in [0.25, 0.3) is 5.91 Å². The van der Waals surface area contributed by atoms with Crippen LogP contribution in [-0.2, 0) is 16.8 Å². The van der Waals surface area contributed by atoms with Gasteiger partial charge in [0, 0.05) is 24.4 Å². The minimum Gasteiger partial charge on any atom is -0.453 e. The maximum atomic E-state index is 12.9. The number of nitrogens with zero attached hydrogens (tertiary/aromatic N) is 5. The molecule has 0 saturated carbocycles. The Morgan fingerprint density at radius 1 is 1.16 bits per heavy atom. The predicted molar refractivity (Wildman–Crippen MR) is 116 cm³/mol. The van der Waals surface area contributed by atoms with E-state index in [1.807, 2.05) is 41.5 Å². The number of hydrogen-bond acceptors (Lipinski definition) is 6. The number of likely N-dealkylation sites (tertiary alicyclic amines) is 1. The van der Waals surface area contributed by atoms with Crippen LogP contribution in [0.15, 0.2) is 28.7 Å². The van der Waals surface area contributed by atoms with E-state index in [4.69, 9.17) is 14.3 Å². The third-order valence-corrected chi connectivity index (χ3v) is 5.63. The summed E-state index contributed by atoms with van der Waals surface area (Å²) in [6.07, 6.45) is 1.75. The van der Waals surface area contributed by atoms with E-state index in [9.17, 15) is 4.79 Å². The lowest BCUT2D eigenvalue weighted by Gasteiger charge is -2.30. The standard InChI is InChI=1S/C23H31N5O3/c1-15(2)30-14-17-6-7-18(31-17)22(29)27-12-10-16(11-13-27)21-25-24-20-9-8-19(23(3,4)5)26-28(20)21/h6-9,15-16H,10-14H2,1-5H3. The number of amides is 1. The molecule has 1 aliphatic heterocycles. The van der Waals surface area contributed by atoms with Crippen molar-refractivity contribution in [1.82, 2.24) is 24.7 Å². The first kappa shape index (κ1) is 21.5. The second kappa shape index (κ2) is 8.42. The third kappa shape index (κ3) is 4.63. The zero-order chi connectivity index (χ0) is 22.2. The number of carbonyl (C=O) groups is 1. The van der Waals surface area contributed by atoms with E-state index in [0.29, 0.717) is 31.2 Å². The van der Waals surface area contributed by atoms with Crippen molar-refractivity contribution < 1.29 is 13.9 Å². The van der Waals surface area contributed by atoms with Crippen molar-refractivity contribution in [2.75, 3.05) is 13.1 Å². The molecule has 0 spiro atoms.